The molecule has 1 aromatic carbocycles. The summed E-state index contributed by atoms with van der Waals surface area (Å²) in [6.45, 7) is 4.27. The fourth-order valence-electron chi connectivity index (χ4n) is 3.57. The van der Waals surface area contributed by atoms with Gasteiger partial charge in [-0.3, -0.25) is 4.79 Å². The molecule has 3 nitrogen and oxygen atoms in total. The predicted molar refractivity (Wildman–Crippen MR) is 87.5 cm³/mol. The van der Waals surface area contributed by atoms with E-state index in [1.54, 1.807) is 0 Å². The van der Waals surface area contributed by atoms with Crippen molar-refractivity contribution in [2.24, 2.45) is 11.3 Å². The molecule has 116 valence electrons. The van der Waals surface area contributed by atoms with Crippen LogP contribution in [0.25, 0.3) is 0 Å². The van der Waals surface area contributed by atoms with E-state index >= 15 is 0 Å². The van der Waals surface area contributed by atoms with E-state index in [0.29, 0.717) is 5.41 Å². The number of carbonyl (C=O) groups excluding carboxylic acids is 1. The van der Waals surface area contributed by atoms with Crippen molar-refractivity contribution in [2.45, 2.75) is 38.6 Å². The number of halogens is 1. The molecule has 1 heterocycles. The first kappa shape index (κ1) is 16.3. The standard InChI is InChI=1S/C17H24N2O.ClH/c1-2-15(13-6-4-3-5-7-13)19-16(20)14-12-17(14)8-10-18-11-9-17;/h3-7,14-15,18H,2,8-12H2,1H3,(H,19,20);1H. The fourth-order valence-corrected chi connectivity index (χ4v) is 3.57. The quantitative estimate of drug-likeness (QED) is 0.897. The molecule has 1 saturated carbocycles. The van der Waals surface area contributed by atoms with Gasteiger partial charge >= 0.3 is 0 Å². The molecule has 2 unspecified atom stereocenters. The minimum Gasteiger partial charge on any atom is -0.349 e. The van der Waals surface area contributed by atoms with Crippen molar-refractivity contribution < 1.29 is 4.79 Å². The van der Waals surface area contributed by atoms with Gasteiger partial charge in [0.25, 0.3) is 0 Å². The SMILES string of the molecule is CCC(NC(=O)C1CC12CCNCC2)c1ccccc1.Cl. The molecule has 2 fully saturated rings. The lowest BCUT2D eigenvalue weighted by Crippen LogP contribution is -2.35. The Morgan fingerprint density at radius 2 is 2.00 bits per heavy atom. The number of amides is 1. The van der Waals surface area contributed by atoms with E-state index in [1.807, 2.05) is 18.2 Å². The topological polar surface area (TPSA) is 41.1 Å². The van der Waals surface area contributed by atoms with Crippen molar-refractivity contribution in [1.82, 2.24) is 10.6 Å². The lowest BCUT2D eigenvalue weighted by atomic mass is 9.91. The second-order valence-electron chi connectivity index (χ2n) is 6.25. The van der Waals surface area contributed by atoms with E-state index in [2.05, 4.69) is 29.7 Å². The van der Waals surface area contributed by atoms with Crippen LogP contribution in [0.5, 0.6) is 0 Å². The Kier molecular flexibility index (Phi) is 5.28. The first-order chi connectivity index (χ1) is 9.75. The van der Waals surface area contributed by atoms with Gasteiger partial charge in [0.1, 0.15) is 0 Å². The number of rotatable bonds is 4. The van der Waals surface area contributed by atoms with Crippen molar-refractivity contribution >= 4 is 18.3 Å². The third kappa shape index (κ3) is 3.41. The highest BCUT2D eigenvalue weighted by Gasteiger charge is 2.57. The maximum absolute atomic E-state index is 12.5. The molecule has 2 N–H and O–H groups in total. The monoisotopic (exact) mass is 308 g/mol. The summed E-state index contributed by atoms with van der Waals surface area (Å²) in [5.41, 5.74) is 1.54. The van der Waals surface area contributed by atoms with Crippen molar-refractivity contribution in [3.63, 3.8) is 0 Å². The third-order valence-corrected chi connectivity index (χ3v) is 5.03. The van der Waals surface area contributed by atoms with Crippen LogP contribution in [0.2, 0.25) is 0 Å². The van der Waals surface area contributed by atoms with Crippen LogP contribution in [0.3, 0.4) is 0 Å². The van der Waals surface area contributed by atoms with Crippen LogP contribution < -0.4 is 10.6 Å². The molecule has 21 heavy (non-hydrogen) atoms. The Bertz CT molecular complexity index is 471. The smallest absolute Gasteiger partial charge is 0.224 e. The Labute approximate surface area is 133 Å². The first-order valence-electron chi connectivity index (χ1n) is 7.81. The van der Waals surface area contributed by atoms with Gasteiger partial charge in [-0.25, -0.2) is 0 Å². The van der Waals surface area contributed by atoms with Crippen molar-refractivity contribution in [3.8, 4) is 0 Å². The van der Waals surface area contributed by atoms with Crippen LogP contribution in [0.4, 0.5) is 0 Å². The van der Waals surface area contributed by atoms with E-state index in [1.165, 1.54) is 5.56 Å². The summed E-state index contributed by atoms with van der Waals surface area (Å²) in [5, 5.41) is 6.64. The van der Waals surface area contributed by atoms with E-state index < -0.39 is 0 Å². The number of piperidine rings is 1. The van der Waals surface area contributed by atoms with Crippen LogP contribution >= 0.6 is 12.4 Å². The maximum atomic E-state index is 12.5. The van der Waals surface area contributed by atoms with E-state index in [-0.39, 0.29) is 30.3 Å². The molecule has 0 aromatic heterocycles. The Morgan fingerprint density at radius 3 is 2.62 bits per heavy atom. The van der Waals surface area contributed by atoms with Gasteiger partial charge in [-0.15, -0.1) is 12.4 Å². The maximum Gasteiger partial charge on any atom is 0.224 e. The molecule has 2 atom stereocenters. The van der Waals surface area contributed by atoms with Gasteiger partial charge in [-0.1, -0.05) is 37.3 Å². The molecule has 1 amide bonds. The zero-order valence-electron chi connectivity index (χ0n) is 12.6. The summed E-state index contributed by atoms with van der Waals surface area (Å²) in [5.74, 6) is 0.518. The normalized spacial score (nSPS) is 24.0. The van der Waals surface area contributed by atoms with Crippen molar-refractivity contribution in [1.29, 1.82) is 0 Å². The molecule has 2 aliphatic rings. The van der Waals surface area contributed by atoms with Gasteiger partial charge in [-0.05, 0) is 49.8 Å². The summed E-state index contributed by atoms with van der Waals surface area (Å²) in [6, 6.07) is 10.4. The molecule has 0 radical (unpaired) electrons. The average molecular weight is 309 g/mol. The summed E-state index contributed by atoms with van der Waals surface area (Å²) in [6.07, 6.45) is 4.35. The number of carbonyl (C=O) groups is 1. The zero-order valence-corrected chi connectivity index (χ0v) is 13.4. The van der Waals surface area contributed by atoms with E-state index in [0.717, 1.165) is 38.8 Å². The molecule has 1 aliphatic heterocycles. The lowest BCUT2D eigenvalue weighted by Gasteiger charge is -2.24. The van der Waals surface area contributed by atoms with Crippen molar-refractivity contribution in [2.75, 3.05) is 13.1 Å². The second-order valence-corrected chi connectivity index (χ2v) is 6.25. The summed E-state index contributed by atoms with van der Waals surface area (Å²) >= 11 is 0. The van der Waals surface area contributed by atoms with Crippen molar-refractivity contribution in [3.05, 3.63) is 35.9 Å². The van der Waals surface area contributed by atoms with E-state index in [4.69, 9.17) is 0 Å². The lowest BCUT2D eigenvalue weighted by molar-refractivity contribution is -0.124. The molecule has 1 saturated heterocycles. The highest BCUT2D eigenvalue weighted by molar-refractivity contribution is 5.85. The van der Waals surface area contributed by atoms with Gasteiger partial charge in [0, 0.05) is 5.92 Å². The minimum absolute atomic E-state index is 0. The molecule has 4 heteroatoms. The number of benzene rings is 1. The minimum atomic E-state index is 0. The molecule has 1 aromatic rings. The Balaban J connectivity index is 0.00000161. The highest BCUT2D eigenvalue weighted by atomic mass is 35.5. The van der Waals surface area contributed by atoms with Crippen LogP contribution in [0.1, 0.15) is 44.2 Å². The van der Waals surface area contributed by atoms with Gasteiger partial charge in [0.15, 0.2) is 0 Å². The summed E-state index contributed by atoms with van der Waals surface area (Å²) in [4.78, 5) is 12.5. The van der Waals surface area contributed by atoms with Crippen LogP contribution in [0.15, 0.2) is 30.3 Å². The van der Waals surface area contributed by atoms with Gasteiger partial charge in [0.05, 0.1) is 6.04 Å². The number of hydrogen-bond donors (Lipinski definition) is 2. The Hall–Kier alpha value is -1.06. The molecular formula is C17H25ClN2O. The molecule has 1 aliphatic carbocycles. The Morgan fingerprint density at radius 1 is 1.33 bits per heavy atom. The summed E-state index contributed by atoms with van der Waals surface area (Å²) < 4.78 is 0. The predicted octanol–water partition coefficient (Wildman–Crippen LogP) is 3.07. The zero-order chi connectivity index (χ0) is 14.0. The van der Waals surface area contributed by atoms with E-state index in [9.17, 15) is 4.79 Å². The van der Waals surface area contributed by atoms with Crippen LogP contribution in [-0.4, -0.2) is 19.0 Å². The van der Waals surface area contributed by atoms with Crippen LogP contribution in [-0.2, 0) is 4.79 Å². The second kappa shape index (κ2) is 6.80. The largest absolute Gasteiger partial charge is 0.349 e. The molecule has 0 bridgehead atoms. The molecule has 3 rings (SSSR count). The van der Waals surface area contributed by atoms with Gasteiger partial charge in [-0.2, -0.15) is 0 Å². The fraction of sp³-hybridized carbons (Fsp3) is 0.588. The summed E-state index contributed by atoms with van der Waals surface area (Å²) in [7, 11) is 0. The average Bonchev–Trinajstić information content (AvgIpc) is 3.19. The first-order valence-corrected chi connectivity index (χ1v) is 7.81. The van der Waals surface area contributed by atoms with Gasteiger partial charge < -0.3 is 10.6 Å². The van der Waals surface area contributed by atoms with Gasteiger partial charge in [0.2, 0.25) is 5.91 Å². The molecule has 1 spiro atoms. The third-order valence-electron chi connectivity index (χ3n) is 5.03. The number of nitrogens with one attached hydrogen (secondary N) is 2. The number of hydrogen-bond acceptors (Lipinski definition) is 2. The highest BCUT2D eigenvalue weighted by Crippen LogP contribution is 2.58. The van der Waals surface area contributed by atoms with Crippen LogP contribution in [0, 0.1) is 11.3 Å². The molecular weight excluding hydrogens is 284 g/mol.